The predicted octanol–water partition coefficient (Wildman–Crippen LogP) is 3.52. The molecule has 0 aliphatic carbocycles. The van der Waals surface area contributed by atoms with Crippen LogP contribution in [0.5, 0.6) is 0 Å². The molecule has 0 radical (unpaired) electrons. The van der Waals surface area contributed by atoms with Crippen molar-refractivity contribution in [3.05, 3.63) is 53.1 Å². The standard InChI is InChI=1S/C24H28N4O4S2/c1-3-7-21(29)20-14-19(15-25)22(26-24(20)33-2)28-12-10-18(11-13-28)23(30)27-34(31,32)16-17-8-5-4-6-9-17/h4-6,8-9,14,18H,3,7,10-13,16H2,1-2H3,(H,27,30). The Morgan fingerprint density at radius 2 is 1.91 bits per heavy atom. The number of thioether (sulfide) groups is 1. The van der Waals surface area contributed by atoms with E-state index in [9.17, 15) is 23.3 Å². The van der Waals surface area contributed by atoms with Gasteiger partial charge in [0.1, 0.15) is 16.9 Å². The van der Waals surface area contributed by atoms with Crippen LogP contribution in [0.3, 0.4) is 0 Å². The average Bonchev–Trinajstić information content (AvgIpc) is 2.83. The Balaban J connectivity index is 1.67. The minimum Gasteiger partial charge on any atom is -0.355 e. The summed E-state index contributed by atoms with van der Waals surface area (Å²) in [7, 11) is -3.79. The topological polar surface area (TPSA) is 120 Å². The molecule has 2 heterocycles. The number of nitrogens with zero attached hydrogens (tertiary/aromatic N) is 3. The number of carbonyl (C=O) groups excluding carboxylic acids is 2. The third-order valence-corrected chi connectivity index (χ3v) is 7.60. The van der Waals surface area contributed by atoms with Crippen molar-refractivity contribution in [2.75, 3.05) is 24.2 Å². The quantitative estimate of drug-likeness (QED) is 0.410. The normalized spacial score (nSPS) is 14.4. The van der Waals surface area contributed by atoms with E-state index in [-0.39, 0.29) is 11.5 Å². The summed E-state index contributed by atoms with van der Waals surface area (Å²) >= 11 is 1.36. The molecule has 1 aliphatic heterocycles. The van der Waals surface area contributed by atoms with Gasteiger partial charge in [0.25, 0.3) is 0 Å². The molecule has 0 spiro atoms. The molecule has 0 unspecified atom stereocenters. The fourth-order valence-corrected chi connectivity index (χ4v) is 5.69. The zero-order chi connectivity index (χ0) is 24.7. The number of Topliss-reactive ketones (excluding diaryl/α,β-unsaturated/α-hetero) is 1. The molecular weight excluding hydrogens is 472 g/mol. The third-order valence-electron chi connectivity index (χ3n) is 5.68. The van der Waals surface area contributed by atoms with E-state index in [0.29, 0.717) is 66.3 Å². The van der Waals surface area contributed by atoms with Crippen molar-refractivity contribution in [3.63, 3.8) is 0 Å². The fraction of sp³-hybridized carbons (Fsp3) is 0.417. The molecule has 180 valence electrons. The number of nitriles is 1. The van der Waals surface area contributed by atoms with E-state index in [2.05, 4.69) is 15.8 Å². The number of nitrogens with one attached hydrogen (secondary N) is 1. The van der Waals surface area contributed by atoms with Crippen LogP contribution in [0.25, 0.3) is 0 Å². The van der Waals surface area contributed by atoms with Crippen LogP contribution in [-0.4, -0.2) is 44.4 Å². The number of carbonyl (C=O) groups is 2. The molecule has 1 aliphatic rings. The summed E-state index contributed by atoms with van der Waals surface area (Å²) in [5.41, 5.74) is 1.40. The van der Waals surface area contributed by atoms with Gasteiger partial charge in [-0.3, -0.25) is 14.3 Å². The highest BCUT2D eigenvalue weighted by Crippen LogP contribution is 2.30. The van der Waals surface area contributed by atoms with Gasteiger partial charge in [0.2, 0.25) is 15.9 Å². The van der Waals surface area contributed by atoms with Gasteiger partial charge < -0.3 is 4.90 Å². The second-order valence-corrected chi connectivity index (χ2v) is 10.7. The smallest absolute Gasteiger partial charge is 0.239 e. The summed E-state index contributed by atoms with van der Waals surface area (Å²) in [6.45, 7) is 2.83. The summed E-state index contributed by atoms with van der Waals surface area (Å²) < 4.78 is 27.0. The lowest BCUT2D eigenvalue weighted by Gasteiger charge is -2.32. The molecule has 34 heavy (non-hydrogen) atoms. The van der Waals surface area contributed by atoms with Gasteiger partial charge in [-0.05, 0) is 37.1 Å². The Morgan fingerprint density at radius 1 is 1.24 bits per heavy atom. The first-order valence-corrected chi connectivity index (χ1v) is 14.0. The van der Waals surface area contributed by atoms with Crippen molar-refractivity contribution < 1.29 is 18.0 Å². The molecule has 1 N–H and O–H groups in total. The highest BCUT2D eigenvalue weighted by Gasteiger charge is 2.30. The zero-order valence-electron chi connectivity index (χ0n) is 19.3. The lowest BCUT2D eigenvalue weighted by Crippen LogP contribution is -2.43. The molecule has 1 aromatic carbocycles. The number of sulfonamides is 1. The van der Waals surface area contributed by atoms with E-state index in [1.54, 1.807) is 36.4 Å². The van der Waals surface area contributed by atoms with Crippen molar-refractivity contribution in [1.82, 2.24) is 9.71 Å². The number of piperidine rings is 1. The highest BCUT2D eigenvalue weighted by molar-refractivity contribution is 7.98. The Morgan fingerprint density at radius 3 is 2.50 bits per heavy atom. The SMILES string of the molecule is CCCC(=O)c1cc(C#N)c(N2CCC(C(=O)NS(=O)(=O)Cc3ccccc3)CC2)nc1SC. The first-order valence-electron chi connectivity index (χ1n) is 11.1. The maximum atomic E-state index is 12.6. The lowest BCUT2D eigenvalue weighted by atomic mass is 9.96. The first-order chi connectivity index (χ1) is 16.3. The van der Waals surface area contributed by atoms with Gasteiger partial charge in [0, 0.05) is 25.4 Å². The highest BCUT2D eigenvalue weighted by atomic mass is 32.2. The third kappa shape index (κ3) is 6.36. The number of hydrogen-bond donors (Lipinski definition) is 1. The number of aromatic nitrogens is 1. The van der Waals surface area contributed by atoms with E-state index in [0.717, 1.165) is 0 Å². The van der Waals surface area contributed by atoms with Crippen LogP contribution in [0, 0.1) is 17.2 Å². The molecule has 8 nitrogen and oxygen atoms in total. The number of amides is 1. The fourth-order valence-electron chi connectivity index (χ4n) is 3.95. The lowest BCUT2D eigenvalue weighted by molar-refractivity contribution is -0.123. The molecule has 1 aromatic heterocycles. The molecular formula is C24H28N4O4S2. The summed E-state index contributed by atoms with van der Waals surface area (Å²) in [4.78, 5) is 31.6. The molecule has 0 atom stereocenters. The number of rotatable bonds is 9. The number of benzene rings is 1. The van der Waals surface area contributed by atoms with E-state index < -0.39 is 21.8 Å². The van der Waals surface area contributed by atoms with Crippen molar-refractivity contribution in [1.29, 1.82) is 5.26 Å². The van der Waals surface area contributed by atoms with Gasteiger partial charge in [0.05, 0.1) is 16.9 Å². The van der Waals surface area contributed by atoms with Crippen LogP contribution in [-0.2, 0) is 20.6 Å². The van der Waals surface area contributed by atoms with E-state index in [1.807, 2.05) is 18.1 Å². The van der Waals surface area contributed by atoms with Gasteiger partial charge in [-0.1, -0.05) is 37.3 Å². The van der Waals surface area contributed by atoms with Gasteiger partial charge >= 0.3 is 0 Å². The van der Waals surface area contributed by atoms with Crippen LogP contribution in [0.4, 0.5) is 5.82 Å². The molecule has 1 saturated heterocycles. The molecule has 0 saturated carbocycles. The summed E-state index contributed by atoms with van der Waals surface area (Å²) in [6, 6.07) is 12.5. The maximum Gasteiger partial charge on any atom is 0.239 e. The van der Waals surface area contributed by atoms with Crippen LogP contribution in [0.1, 0.15) is 54.1 Å². The average molecular weight is 501 g/mol. The summed E-state index contributed by atoms with van der Waals surface area (Å²) in [6.07, 6.45) is 3.82. The first kappa shape index (κ1) is 25.7. The Labute approximate surface area is 204 Å². The monoisotopic (exact) mass is 500 g/mol. The second kappa shape index (κ2) is 11.5. The van der Waals surface area contributed by atoms with Crippen molar-refractivity contribution in [2.45, 2.75) is 43.4 Å². The van der Waals surface area contributed by atoms with Gasteiger partial charge in [0.15, 0.2) is 5.78 Å². The van der Waals surface area contributed by atoms with Crippen LogP contribution >= 0.6 is 11.8 Å². The Hall–Kier alpha value is -2.90. The van der Waals surface area contributed by atoms with Crippen molar-refractivity contribution in [3.8, 4) is 6.07 Å². The van der Waals surface area contributed by atoms with Gasteiger partial charge in [-0.2, -0.15) is 5.26 Å². The number of pyridine rings is 1. The van der Waals surface area contributed by atoms with Crippen LogP contribution in [0.15, 0.2) is 41.4 Å². The minimum atomic E-state index is -3.79. The zero-order valence-corrected chi connectivity index (χ0v) is 20.9. The number of anilines is 1. The predicted molar refractivity (Wildman–Crippen MR) is 132 cm³/mol. The van der Waals surface area contributed by atoms with Gasteiger partial charge in [-0.15, -0.1) is 11.8 Å². The maximum absolute atomic E-state index is 12.6. The van der Waals surface area contributed by atoms with Crippen molar-refractivity contribution >= 4 is 39.3 Å². The second-order valence-electron chi connectivity index (χ2n) is 8.17. The molecule has 1 amide bonds. The van der Waals surface area contributed by atoms with Crippen molar-refractivity contribution in [2.24, 2.45) is 5.92 Å². The van der Waals surface area contributed by atoms with Crippen LogP contribution in [0.2, 0.25) is 0 Å². The number of hydrogen-bond acceptors (Lipinski definition) is 8. The minimum absolute atomic E-state index is 0.0329. The van der Waals surface area contributed by atoms with E-state index >= 15 is 0 Å². The molecule has 10 heteroatoms. The number of ketones is 1. The Bertz CT molecular complexity index is 1190. The molecule has 2 aromatic rings. The summed E-state index contributed by atoms with van der Waals surface area (Å²) in [5.74, 6) is -0.744. The molecule has 0 bridgehead atoms. The van der Waals surface area contributed by atoms with Gasteiger partial charge in [-0.25, -0.2) is 13.4 Å². The Kier molecular flexibility index (Phi) is 8.69. The van der Waals surface area contributed by atoms with Crippen LogP contribution < -0.4 is 9.62 Å². The largest absolute Gasteiger partial charge is 0.355 e. The molecule has 3 rings (SSSR count). The van der Waals surface area contributed by atoms with E-state index in [4.69, 9.17) is 0 Å². The van der Waals surface area contributed by atoms with E-state index in [1.165, 1.54) is 11.8 Å². The summed E-state index contributed by atoms with van der Waals surface area (Å²) in [5, 5.41) is 10.3. The molecule has 1 fully saturated rings.